The van der Waals surface area contributed by atoms with E-state index in [1.54, 1.807) is 11.3 Å². The summed E-state index contributed by atoms with van der Waals surface area (Å²) < 4.78 is 0. The average molecular weight is 268 g/mol. The zero-order valence-corrected chi connectivity index (χ0v) is 13.1. The predicted octanol–water partition coefficient (Wildman–Crippen LogP) is 4.89. The number of hydrogen-bond acceptors (Lipinski definition) is 3. The number of rotatable bonds is 9. The maximum Gasteiger partial charge on any atom is 0.110 e. The Bertz CT molecular complexity index is 320. The number of nitrogens with one attached hydrogen (secondary N) is 1. The lowest BCUT2D eigenvalue weighted by molar-refractivity contribution is 0.498. The Kier molecular flexibility index (Phi) is 7.52. The first-order valence-electron chi connectivity index (χ1n) is 7.31. The number of thiazole rings is 1. The van der Waals surface area contributed by atoms with Gasteiger partial charge in [-0.2, -0.15) is 0 Å². The van der Waals surface area contributed by atoms with Gasteiger partial charge in [-0.15, -0.1) is 11.3 Å². The monoisotopic (exact) mass is 268 g/mol. The third-order valence-electron chi connectivity index (χ3n) is 3.37. The first-order chi connectivity index (χ1) is 8.69. The SMILES string of the molecule is CCCCCCCC(NC)c1nc(C(C)C)cs1. The summed E-state index contributed by atoms with van der Waals surface area (Å²) in [4.78, 5) is 4.75. The van der Waals surface area contributed by atoms with Gasteiger partial charge in [0.2, 0.25) is 0 Å². The Morgan fingerprint density at radius 3 is 2.50 bits per heavy atom. The second kappa shape index (κ2) is 8.65. The second-order valence-electron chi connectivity index (χ2n) is 5.31. The van der Waals surface area contributed by atoms with E-state index >= 15 is 0 Å². The molecule has 0 aromatic carbocycles. The Labute approximate surface area is 116 Å². The highest BCUT2D eigenvalue weighted by Crippen LogP contribution is 2.26. The molecule has 1 aromatic rings. The lowest BCUT2D eigenvalue weighted by Gasteiger charge is -2.13. The third-order valence-corrected chi connectivity index (χ3v) is 4.35. The zero-order valence-electron chi connectivity index (χ0n) is 12.3. The Hall–Kier alpha value is -0.410. The highest BCUT2D eigenvalue weighted by molar-refractivity contribution is 7.09. The first-order valence-corrected chi connectivity index (χ1v) is 8.19. The minimum atomic E-state index is 0.448. The molecule has 0 spiro atoms. The van der Waals surface area contributed by atoms with Crippen molar-refractivity contribution in [1.29, 1.82) is 0 Å². The van der Waals surface area contributed by atoms with Crippen LogP contribution in [0.1, 0.15) is 82.0 Å². The molecule has 2 nitrogen and oxygen atoms in total. The van der Waals surface area contributed by atoms with Crippen molar-refractivity contribution in [2.45, 2.75) is 71.3 Å². The van der Waals surface area contributed by atoms with Gasteiger partial charge in [0.15, 0.2) is 0 Å². The predicted molar refractivity (Wildman–Crippen MR) is 81.4 cm³/mol. The summed E-state index contributed by atoms with van der Waals surface area (Å²) in [5.41, 5.74) is 1.24. The van der Waals surface area contributed by atoms with E-state index in [2.05, 4.69) is 31.5 Å². The molecule has 3 heteroatoms. The number of hydrogen-bond donors (Lipinski definition) is 1. The molecule has 0 aliphatic carbocycles. The van der Waals surface area contributed by atoms with Gasteiger partial charge in [0.25, 0.3) is 0 Å². The normalized spacial score (nSPS) is 13.2. The van der Waals surface area contributed by atoms with Crippen molar-refractivity contribution in [2.24, 2.45) is 0 Å². The van der Waals surface area contributed by atoms with E-state index in [0.29, 0.717) is 12.0 Å². The van der Waals surface area contributed by atoms with Crippen LogP contribution in [-0.2, 0) is 0 Å². The van der Waals surface area contributed by atoms with Crippen LogP contribution in [0.25, 0.3) is 0 Å². The molecule has 1 atom stereocenters. The Morgan fingerprint density at radius 1 is 1.22 bits per heavy atom. The smallest absolute Gasteiger partial charge is 0.110 e. The molecule has 0 aliphatic rings. The van der Waals surface area contributed by atoms with Crippen molar-refractivity contribution >= 4 is 11.3 Å². The van der Waals surface area contributed by atoms with Crippen LogP contribution in [0.4, 0.5) is 0 Å². The standard InChI is InChI=1S/C15H28N2S/c1-5-6-7-8-9-10-13(16-4)15-17-14(11-18-15)12(2)3/h11-13,16H,5-10H2,1-4H3. The molecular formula is C15H28N2S. The minimum Gasteiger partial charge on any atom is -0.311 e. The van der Waals surface area contributed by atoms with Gasteiger partial charge in [0, 0.05) is 5.38 Å². The summed E-state index contributed by atoms with van der Waals surface area (Å²) in [6, 6.07) is 0.448. The molecule has 18 heavy (non-hydrogen) atoms. The molecule has 1 aromatic heterocycles. The molecule has 0 bridgehead atoms. The van der Waals surface area contributed by atoms with E-state index in [9.17, 15) is 0 Å². The molecule has 0 aliphatic heterocycles. The Morgan fingerprint density at radius 2 is 1.94 bits per heavy atom. The van der Waals surface area contributed by atoms with Gasteiger partial charge in [-0.1, -0.05) is 52.9 Å². The molecule has 0 amide bonds. The van der Waals surface area contributed by atoms with E-state index in [1.165, 1.54) is 49.2 Å². The fraction of sp³-hybridized carbons (Fsp3) is 0.800. The fourth-order valence-electron chi connectivity index (χ4n) is 2.07. The maximum absolute atomic E-state index is 4.75. The van der Waals surface area contributed by atoms with Crippen LogP contribution in [0.3, 0.4) is 0 Å². The molecular weight excluding hydrogens is 240 g/mol. The fourth-order valence-corrected chi connectivity index (χ4v) is 3.19. The molecule has 1 unspecified atom stereocenters. The summed E-state index contributed by atoms with van der Waals surface area (Å²) in [6.07, 6.45) is 7.95. The van der Waals surface area contributed by atoms with E-state index < -0.39 is 0 Å². The van der Waals surface area contributed by atoms with Gasteiger partial charge in [-0.05, 0) is 19.4 Å². The lowest BCUT2D eigenvalue weighted by atomic mass is 10.1. The van der Waals surface area contributed by atoms with Crippen molar-refractivity contribution < 1.29 is 0 Å². The van der Waals surface area contributed by atoms with Crippen LogP contribution in [-0.4, -0.2) is 12.0 Å². The van der Waals surface area contributed by atoms with Crippen molar-refractivity contribution in [2.75, 3.05) is 7.05 Å². The number of aromatic nitrogens is 1. The summed E-state index contributed by atoms with van der Waals surface area (Å²) in [6.45, 7) is 6.68. The van der Waals surface area contributed by atoms with Gasteiger partial charge in [0.1, 0.15) is 5.01 Å². The largest absolute Gasteiger partial charge is 0.311 e. The summed E-state index contributed by atoms with van der Waals surface area (Å²) in [5.74, 6) is 0.539. The minimum absolute atomic E-state index is 0.448. The molecule has 1 N–H and O–H groups in total. The highest BCUT2D eigenvalue weighted by atomic mass is 32.1. The second-order valence-corrected chi connectivity index (χ2v) is 6.20. The van der Waals surface area contributed by atoms with Crippen molar-refractivity contribution in [3.8, 4) is 0 Å². The summed E-state index contributed by atoms with van der Waals surface area (Å²) in [5, 5.41) is 6.88. The molecule has 1 rings (SSSR count). The Balaban J connectivity index is 2.39. The van der Waals surface area contributed by atoms with Gasteiger partial charge in [0.05, 0.1) is 11.7 Å². The topological polar surface area (TPSA) is 24.9 Å². The molecule has 0 radical (unpaired) electrons. The summed E-state index contributed by atoms with van der Waals surface area (Å²) in [7, 11) is 2.05. The maximum atomic E-state index is 4.75. The van der Waals surface area contributed by atoms with Gasteiger partial charge in [-0.25, -0.2) is 4.98 Å². The molecule has 1 heterocycles. The van der Waals surface area contributed by atoms with Crippen LogP contribution < -0.4 is 5.32 Å². The zero-order chi connectivity index (χ0) is 13.4. The third kappa shape index (κ3) is 5.07. The van der Waals surface area contributed by atoms with E-state index in [4.69, 9.17) is 4.98 Å². The van der Waals surface area contributed by atoms with Crippen LogP contribution in [0.2, 0.25) is 0 Å². The quantitative estimate of drug-likeness (QED) is 0.645. The molecule has 0 saturated heterocycles. The number of unbranched alkanes of at least 4 members (excludes halogenated alkanes) is 4. The molecule has 0 fully saturated rings. The van der Waals surface area contributed by atoms with E-state index in [-0.39, 0.29) is 0 Å². The lowest BCUT2D eigenvalue weighted by Crippen LogP contribution is -2.16. The van der Waals surface area contributed by atoms with Crippen molar-refractivity contribution in [3.05, 3.63) is 16.1 Å². The summed E-state index contributed by atoms with van der Waals surface area (Å²) >= 11 is 1.81. The van der Waals surface area contributed by atoms with Crippen LogP contribution >= 0.6 is 11.3 Å². The van der Waals surface area contributed by atoms with Gasteiger partial charge < -0.3 is 5.32 Å². The van der Waals surface area contributed by atoms with E-state index in [0.717, 1.165) is 0 Å². The van der Waals surface area contributed by atoms with Gasteiger partial charge >= 0.3 is 0 Å². The number of nitrogens with zero attached hydrogens (tertiary/aromatic N) is 1. The van der Waals surface area contributed by atoms with Crippen LogP contribution in [0.15, 0.2) is 5.38 Å². The highest BCUT2D eigenvalue weighted by Gasteiger charge is 2.14. The van der Waals surface area contributed by atoms with Crippen LogP contribution in [0.5, 0.6) is 0 Å². The van der Waals surface area contributed by atoms with Crippen molar-refractivity contribution in [1.82, 2.24) is 10.3 Å². The van der Waals surface area contributed by atoms with E-state index in [1.807, 2.05) is 7.05 Å². The van der Waals surface area contributed by atoms with Crippen LogP contribution in [0, 0.1) is 0 Å². The molecule has 104 valence electrons. The van der Waals surface area contributed by atoms with Crippen molar-refractivity contribution in [3.63, 3.8) is 0 Å². The van der Waals surface area contributed by atoms with Gasteiger partial charge in [-0.3, -0.25) is 0 Å². The first kappa shape index (κ1) is 15.6. The average Bonchev–Trinajstić information content (AvgIpc) is 2.83. The molecule has 0 saturated carbocycles.